The van der Waals surface area contributed by atoms with Gasteiger partial charge in [0.1, 0.15) is 0 Å². The first-order valence-electron chi connectivity index (χ1n) is 7.17. The third-order valence-corrected chi connectivity index (χ3v) is 5.68. The monoisotopic (exact) mass is 341 g/mol. The van der Waals surface area contributed by atoms with Crippen LogP contribution >= 0.6 is 11.3 Å². The fourth-order valence-corrected chi connectivity index (χ4v) is 4.01. The van der Waals surface area contributed by atoms with E-state index in [1.807, 2.05) is 0 Å². The van der Waals surface area contributed by atoms with Gasteiger partial charge in [-0.05, 0) is 18.2 Å². The van der Waals surface area contributed by atoms with Gasteiger partial charge in [-0.1, -0.05) is 11.3 Å². The number of thiazole rings is 1. The smallest absolute Gasteiger partial charge is 0.183 e. The van der Waals surface area contributed by atoms with Gasteiger partial charge in [0.25, 0.3) is 0 Å². The first-order valence-corrected chi connectivity index (χ1v) is 9.88. The van der Waals surface area contributed by atoms with Crippen molar-refractivity contribution < 1.29 is 13.2 Å². The quantitative estimate of drug-likeness (QED) is 0.887. The molecule has 120 valence electrons. The van der Waals surface area contributed by atoms with E-state index >= 15 is 0 Å². The van der Waals surface area contributed by atoms with E-state index < -0.39 is 9.84 Å². The lowest BCUT2D eigenvalue weighted by molar-refractivity contribution is 0.0398. The van der Waals surface area contributed by atoms with Gasteiger partial charge in [0.05, 0.1) is 28.3 Å². The number of fused-ring (bicyclic) bond motifs is 1. The Morgan fingerprint density at radius 1 is 1.36 bits per heavy atom. The van der Waals surface area contributed by atoms with Gasteiger partial charge in [-0.25, -0.2) is 13.4 Å². The van der Waals surface area contributed by atoms with Crippen molar-refractivity contribution >= 4 is 36.5 Å². The van der Waals surface area contributed by atoms with E-state index in [0.717, 1.165) is 54.7 Å². The molecular weight excluding hydrogens is 322 g/mol. The van der Waals surface area contributed by atoms with Crippen LogP contribution in [-0.2, 0) is 14.6 Å². The summed E-state index contributed by atoms with van der Waals surface area (Å²) in [6.45, 7) is 5.32. The van der Waals surface area contributed by atoms with Gasteiger partial charge in [-0.15, -0.1) is 0 Å². The number of anilines is 1. The van der Waals surface area contributed by atoms with E-state index in [2.05, 4.69) is 15.2 Å². The highest BCUT2D eigenvalue weighted by atomic mass is 32.2. The third kappa shape index (κ3) is 3.75. The van der Waals surface area contributed by atoms with Crippen LogP contribution in [0.3, 0.4) is 0 Å². The molecule has 3 rings (SSSR count). The first-order chi connectivity index (χ1) is 10.5. The Kier molecular flexibility index (Phi) is 4.62. The number of hydrogen-bond donors (Lipinski definition) is 1. The molecule has 22 heavy (non-hydrogen) atoms. The van der Waals surface area contributed by atoms with Crippen molar-refractivity contribution in [2.45, 2.75) is 4.90 Å². The average molecular weight is 341 g/mol. The maximum atomic E-state index is 11.6. The number of aromatic nitrogens is 1. The molecular formula is C14H19N3O3S2. The molecule has 0 amide bonds. The molecule has 6 nitrogen and oxygen atoms in total. The topological polar surface area (TPSA) is 71.5 Å². The van der Waals surface area contributed by atoms with Gasteiger partial charge in [-0.2, -0.15) is 0 Å². The molecule has 0 spiro atoms. The molecule has 1 aromatic carbocycles. The first kappa shape index (κ1) is 15.7. The van der Waals surface area contributed by atoms with E-state index in [9.17, 15) is 8.42 Å². The molecule has 1 aromatic heterocycles. The van der Waals surface area contributed by atoms with Crippen molar-refractivity contribution in [2.75, 3.05) is 51.0 Å². The fraction of sp³-hybridized carbons (Fsp3) is 0.500. The number of nitrogens with zero attached hydrogens (tertiary/aromatic N) is 2. The van der Waals surface area contributed by atoms with Crippen molar-refractivity contribution in [3.8, 4) is 0 Å². The third-order valence-electron chi connectivity index (χ3n) is 3.60. The Morgan fingerprint density at radius 2 is 2.14 bits per heavy atom. The largest absolute Gasteiger partial charge is 0.379 e. The van der Waals surface area contributed by atoms with Gasteiger partial charge in [0.15, 0.2) is 15.0 Å². The molecule has 1 N–H and O–H groups in total. The zero-order valence-electron chi connectivity index (χ0n) is 12.4. The van der Waals surface area contributed by atoms with Crippen molar-refractivity contribution in [3.63, 3.8) is 0 Å². The number of rotatable bonds is 5. The summed E-state index contributed by atoms with van der Waals surface area (Å²) in [5, 5.41) is 4.14. The molecule has 1 aliphatic heterocycles. The molecule has 1 fully saturated rings. The van der Waals surface area contributed by atoms with Gasteiger partial charge >= 0.3 is 0 Å². The molecule has 0 aliphatic carbocycles. The molecule has 0 unspecified atom stereocenters. The SMILES string of the molecule is CS(=O)(=O)c1ccc2nc(NCCN3CCOCC3)sc2c1. The number of benzene rings is 1. The van der Waals surface area contributed by atoms with Crippen molar-refractivity contribution in [2.24, 2.45) is 0 Å². The number of hydrogen-bond acceptors (Lipinski definition) is 7. The second kappa shape index (κ2) is 6.49. The summed E-state index contributed by atoms with van der Waals surface area (Å²) < 4.78 is 29.4. The Balaban J connectivity index is 1.64. The van der Waals surface area contributed by atoms with Crippen molar-refractivity contribution in [1.29, 1.82) is 0 Å². The Morgan fingerprint density at radius 3 is 2.86 bits per heavy atom. The Labute approximate surface area is 134 Å². The second-order valence-corrected chi connectivity index (χ2v) is 8.35. The molecule has 0 saturated carbocycles. The lowest BCUT2D eigenvalue weighted by Crippen LogP contribution is -2.38. The minimum Gasteiger partial charge on any atom is -0.379 e. The number of morpholine rings is 1. The average Bonchev–Trinajstić information content (AvgIpc) is 2.89. The summed E-state index contributed by atoms with van der Waals surface area (Å²) in [6, 6.07) is 5.06. The van der Waals surface area contributed by atoms with E-state index in [-0.39, 0.29) is 0 Å². The Hall–Kier alpha value is -1.22. The fourth-order valence-electron chi connectivity index (χ4n) is 2.36. The van der Waals surface area contributed by atoms with Gasteiger partial charge in [-0.3, -0.25) is 4.90 Å². The summed E-state index contributed by atoms with van der Waals surface area (Å²) in [4.78, 5) is 7.18. The summed E-state index contributed by atoms with van der Waals surface area (Å²) in [5.74, 6) is 0. The van der Waals surface area contributed by atoms with Gasteiger partial charge < -0.3 is 10.1 Å². The van der Waals surface area contributed by atoms with Crippen LogP contribution in [0.25, 0.3) is 10.2 Å². The number of nitrogens with one attached hydrogen (secondary N) is 1. The Bertz CT molecular complexity index is 752. The van der Waals surface area contributed by atoms with Crippen LogP contribution in [0.15, 0.2) is 23.1 Å². The van der Waals surface area contributed by atoms with Crippen LogP contribution in [0.4, 0.5) is 5.13 Å². The zero-order chi connectivity index (χ0) is 15.6. The normalized spacial score (nSPS) is 17.0. The molecule has 2 aromatic rings. The standard InChI is InChI=1S/C14H19N3O3S2/c1-22(18,19)11-2-3-12-13(10-11)21-14(16-12)15-4-5-17-6-8-20-9-7-17/h2-3,10H,4-9H2,1H3,(H,15,16). The van der Waals surface area contributed by atoms with E-state index in [1.54, 1.807) is 18.2 Å². The highest BCUT2D eigenvalue weighted by molar-refractivity contribution is 7.90. The molecule has 1 saturated heterocycles. The van der Waals surface area contributed by atoms with Crippen LogP contribution in [0.1, 0.15) is 0 Å². The van der Waals surface area contributed by atoms with E-state index in [0.29, 0.717) is 4.90 Å². The predicted octanol–water partition coefficient (Wildman–Crippen LogP) is 1.44. The molecule has 0 radical (unpaired) electrons. The van der Waals surface area contributed by atoms with Crippen molar-refractivity contribution in [3.05, 3.63) is 18.2 Å². The summed E-state index contributed by atoms with van der Waals surface area (Å²) in [7, 11) is -3.18. The van der Waals surface area contributed by atoms with Crippen LogP contribution < -0.4 is 5.32 Å². The van der Waals surface area contributed by atoms with Crippen LogP contribution in [0, 0.1) is 0 Å². The van der Waals surface area contributed by atoms with Gasteiger partial charge in [0.2, 0.25) is 0 Å². The highest BCUT2D eigenvalue weighted by Crippen LogP contribution is 2.28. The van der Waals surface area contributed by atoms with Crippen molar-refractivity contribution in [1.82, 2.24) is 9.88 Å². The molecule has 0 atom stereocenters. The molecule has 0 bridgehead atoms. The lowest BCUT2D eigenvalue weighted by Gasteiger charge is -2.26. The van der Waals surface area contributed by atoms with Crippen LogP contribution in [0.2, 0.25) is 0 Å². The minimum atomic E-state index is -3.18. The van der Waals surface area contributed by atoms with Crippen LogP contribution in [-0.4, -0.2) is 64.0 Å². The number of ether oxygens (including phenoxy) is 1. The molecule has 2 heterocycles. The van der Waals surface area contributed by atoms with Crippen LogP contribution in [0.5, 0.6) is 0 Å². The van der Waals surface area contributed by atoms with E-state index in [4.69, 9.17) is 4.74 Å². The van der Waals surface area contributed by atoms with Gasteiger partial charge in [0, 0.05) is 32.4 Å². The van der Waals surface area contributed by atoms with E-state index in [1.165, 1.54) is 17.6 Å². The maximum absolute atomic E-state index is 11.6. The number of sulfone groups is 1. The second-order valence-electron chi connectivity index (χ2n) is 5.30. The molecule has 1 aliphatic rings. The summed E-state index contributed by atoms with van der Waals surface area (Å²) >= 11 is 1.48. The summed E-state index contributed by atoms with van der Waals surface area (Å²) in [5.41, 5.74) is 0.825. The highest BCUT2D eigenvalue weighted by Gasteiger charge is 2.12. The predicted molar refractivity (Wildman–Crippen MR) is 88.5 cm³/mol. The molecule has 8 heteroatoms. The zero-order valence-corrected chi connectivity index (χ0v) is 14.0. The summed E-state index contributed by atoms with van der Waals surface area (Å²) in [6.07, 6.45) is 1.22. The lowest BCUT2D eigenvalue weighted by atomic mass is 10.3. The minimum absolute atomic E-state index is 0.337. The maximum Gasteiger partial charge on any atom is 0.183 e.